The second-order valence-electron chi connectivity index (χ2n) is 4.51. The predicted octanol–water partition coefficient (Wildman–Crippen LogP) is 2.84. The lowest BCUT2D eigenvalue weighted by atomic mass is 10.1. The lowest BCUT2D eigenvalue weighted by Crippen LogP contribution is -1.98. The van der Waals surface area contributed by atoms with Crippen molar-refractivity contribution < 1.29 is 4.42 Å². The summed E-state index contributed by atoms with van der Waals surface area (Å²) in [4.78, 5) is 4.34. The van der Waals surface area contributed by atoms with Crippen molar-refractivity contribution in [3.05, 3.63) is 35.0 Å². The van der Waals surface area contributed by atoms with Gasteiger partial charge in [-0.25, -0.2) is 4.98 Å². The van der Waals surface area contributed by atoms with Gasteiger partial charge in [0.1, 0.15) is 16.6 Å². The molecule has 0 fully saturated rings. The van der Waals surface area contributed by atoms with Crippen LogP contribution in [0.3, 0.4) is 0 Å². The highest BCUT2D eigenvalue weighted by molar-refractivity contribution is 7.99. The van der Waals surface area contributed by atoms with Gasteiger partial charge in [-0.05, 0) is 43.3 Å². The fourth-order valence-corrected chi connectivity index (χ4v) is 2.66. The van der Waals surface area contributed by atoms with Crippen LogP contribution >= 0.6 is 11.8 Å². The van der Waals surface area contributed by atoms with E-state index in [1.807, 2.05) is 13.8 Å². The Bertz CT molecular complexity index is 881. The summed E-state index contributed by atoms with van der Waals surface area (Å²) in [5.74, 6) is 0. The molecule has 21 heavy (non-hydrogen) atoms. The number of hydrogen-bond acceptors (Lipinski definition) is 7. The van der Waals surface area contributed by atoms with Crippen LogP contribution in [-0.4, -0.2) is 15.2 Å². The maximum absolute atomic E-state index is 9.28. The summed E-state index contributed by atoms with van der Waals surface area (Å²) in [7, 11) is 0. The van der Waals surface area contributed by atoms with E-state index in [-0.39, 0.29) is 0 Å². The highest BCUT2D eigenvalue weighted by atomic mass is 32.2. The van der Waals surface area contributed by atoms with E-state index in [0.29, 0.717) is 32.6 Å². The summed E-state index contributed by atoms with van der Waals surface area (Å²) < 4.78 is 5.62. The van der Waals surface area contributed by atoms with Gasteiger partial charge in [0.05, 0.1) is 11.3 Å². The topological polar surface area (TPSA) is 102 Å². The average Bonchev–Trinajstić information content (AvgIpc) is 2.84. The lowest BCUT2D eigenvalue weighted by Gasteiger charge is -2.03. The van der Waals surface area contributed by atoms with Gasteiger partial charge in [0.2, 0.25) is 0 Å². The van der Waals surface area contributed by atoms with Crippen LogP contribution in [0.1, 0.15) is 16.8 Å². The second-order valence-corrected chi connectivity index (χ2v) is 5.45. The third-order valence-electron chi connectivity index (χ3n) is 3.11. The molecule has 104 valence electrons. The molecule has 2 N–H and O–H groups in total. The fraction of sp³-hybridized carbons (Fsp3) is 0.143. The SMILES string of the molecule is Cc1nnc(Sc2nc3ccc(N)cc3o2)c(C#N)c1C. The van der Waals surface area contributed by atoms with Crippen molar-refractivity contribution in [2.24, 2.45) is 0 Å². The van der Waals surface area contributed by atoms with E-state index in [2.05, 4.69) is 21.3 Å². The van der Waals surface area contributed by atoms with Crippen LogP contribution in [0, 0.1) is 25.2 Å². The molecule has 0 amide bonds. The van der Waals surface area contributed by atoms with E-state index in [4.69, 9.17) is 10.2 Å². The molecule has 0 radical (unpaired) electrons. The zero-order chi connectivity index (χ0) is 15.0. The monoisotopic (exact) mass is 297 g/mol. The van der Waals surface area contributed by atoms with E-state index in [1.165, 1.54) is 11.8 Å². The summed E-state index contributed by atoms with van der Waals surface area (Å²) in [6.07, 6.45) is 0. The van der Waals surface area contributed by atoms with Gasteiger partial charge in [0.25, 0.3) is 5.22 Å². The predicted molar refractivity (Wildman–Crippen MR) is 78.8 cm³/mol. The molecule has 7 heteroatoms. The molecule has 0 unspecified atom stereocenters. The van der Waals surface area contributed by atoms with E-state index in [0.717, 1.165) is 11.3 Å². The molecule has 3 aromatic rings. The molecule has 0 aliphatic rings. The number of hydrogen-bond donors (Lipinski definition) is 1. The second kappa shape index (κ2) is 5.07. The largest absolute Gasteiger partial charge is 0.431 e. The van der Waals surface area contributed by atoms with Gasteiger partial charge < -0.3 is 10.2 Å². The van der Waals surface area contributed by atoms with Crippen LogP contribution < -0.4 is 5.73 Å². The highest BCUT2D eigenvalue weighted by Crippen LogP contribution is 2.32. The number of fused-ring (bicyclic) bond motifs is 1. The van der Waals surface area contributed by atoms with E-state index >= 15 is 0 Å². The zero-order valence-electron chi connectivity index (χ0n) is 11.4. The summed E-state index contributed by atoms with van der Waals surface area (Å²) in [5.41, 5.74) is 9.68. The molecule has 0 bridgehead atoms. The molecule has 2 aromatic heterocycles. The number of nitrogens with zero attached hydrogens (tertiary/aromatic N) is 4. The maximum atomic E-state index is 9.28. The minimum Gasteiger partial charge on any atom is -0.431 e. The first-order chi connectivity index (χ1) is 10.1. The number of oxazole rings is 1. The van der Waals surface area contributed by atoms with E-state index in [1.54, 1.807) is 18.2 Å². The maximum Gasteiger partial charge on any atom is 0.263 e. The van der Waals surface area contributed by atoms with Gasteiger partial charge in [-0.3, -0.25) is 0 Å². The van der Waals surface area contributed by atoms with Crippen molar-refractivity contribution in [3.63, 3.8) is 0 Å². The number of nitriles is 1. The third kappa shape index (κ3) is 2.41. The Balaban J connectivity index is 2.03. The smallest absolute Gasteiger partial charge is 0.263 e. The quantitative estimate of drug-likeness (QED) is 0.725. The molecular formula is C14H11N5OS. The number of nitrogens with two attached hydrogens (primary N) is 1. The van der Waals surface area contributed by atoms with Crippen LogP contribution in [0.2, 0.25) is 0 Å². The first-order valence-corrected chi connectivity index (χ1v) is 6.98. The van der Waals surface area contributed by atoms with Gasteiger partial charge in [0.15, 0.2) is 5.58 Å². The average molecular weight is 297 g/mol. The minimum atomic E-state index is 0.407. The fourth-order valence-electron chi connectivity index (χ4n) is 1.84. The summed E-state index contributed by atoms with van der Waals surface area (Å²) in [6.45, 7) is 3.67. The molecule has 6 nitrogen and oxygen atoms in total. The molecule has 0 atom stereocenters. The van der Waals surface area contributed by atoms with Gasteiger partial charge >= 0.3 is 0 Å². The molecule has 2 heterocycles. The molecule has 0 saturated heterocycles. The third-order valence-corrected chi connectivity index (χ3v) is 3.94. The molecule has 0 spiro atoms. The van der Waals surface area contributed by atoms with Crippen molar-refractivity contribution >= 4 is 28.5 Å². The Morgan fingerprint density at radius 2 is 2.10 bits per heavy atom. The Kier molecular flexibility index (Phi) is 3.23. The normalized spacial score (nSPS) is 10.7. The number of anilines is 1. The van der Waals surface area contributed by atoms with Gasteiger partial charge in [-0.1, -0.05) is 0 Å². The van der Waals surface area contributed by atoms with E-state index < -0.39 is 0 Å². The molecule has 3 rings (SSSR count). The molecule has 1 aromatic carbocycles. The molecule has 0 aliphatic heterocycles. The van der Waals surface area contributed by atoms with Crippen molar-refractivity contribution in [2.45, 2.75) is 24.1 Å². The number of aryl methyl sites for hydroxylation is 1. The highest BCUT2D eigenvalue weighted by Gasteiger charge is 2.15. The van der Waals surface area contributed by atoms with Crippen LogP contribution in [0.5, 0.6) is 0 Å². The molecular weight excluding hydrogens is 286 g/mol. The summed E-state index contributed by atoms with van der Waals surface area (Å²) in [5, 5.41) is 18.3. The molecule has 0 saturated carbocycles. The standard InChI is InChI=1S/C14H11N5OS/c1-7-8(2)18-19-13(10(7)6-15)21-14-17-11-4-3-9(16)5-12(11)20-14/h3-5H,16H2,1-2H3. The number of nitrogen functional groups attached to an aromatic ring is 1. The number of rotatable bonds is 2. The summed E-state index contributed by atoms with van der Waals surface area (Å²) in [6, 6.07) is 7.41. The number of benzene rings is 1. The Morgan fingerprint density at radius 3 is 2.86 bits per heavy atom. The van der Waals surface area contributed by atoms with Gasteiger partial charge in [0, 0.05) is 11.8 Å². The van der Waals surface area contributed by atoms with Crippen molar-refractivity contribution in [2.75, 3.05) is 5.73 Å². The summed E-state index contributed by atoms with van der Waals surface area (Å²) >= 11 is 1.18. The van der Waals surface area contributed by atoms with E-state index in [9.17, 15) is 5.26 Å². The minimum absolute atomic E-state index is 0.407. The number of aromatic nitrogens is 3. The first-order valence-electron chi connectivity index (χ1n) is 6.16. The van der Waals surface area contributed by atoms with Crippen LogP contribution in [-0.2, 0) is 0 Å². The first kappa shape index (κ1) is 13.4. The lowest BCUT2D eigenvalue weighted by molar-refractivity contribution is 0.489. The van der Waals surface area contributed by atoms with Crippen molar-refractivity contribution in [1.82, 2.24) is 15.2 Å². The Hall–Kier alpha value is -2.59. The zero-order valence-corrected chi connectivity index (χ0v) is 12.2. The van der Waals surface area contributed by atoms with Crippen LogP contribution in [0.4, 0.5) is 5.69 Å². The van der Waals surface area contributed by atoms with Gasteiger partial charge in [-0.15, -0.1) is 5.10 Å². The Morgan fingerprint density at radius 1 is 1.29 bits per heavy atom. The van der Waals surface area contributed by atoms with Crippen molar-refractivity contribution in [1.29, 1.82) is 5.26 Å². The Labute approximate surface area is 125 Å². The van der Waals surface area contributed by atoms with Crippen molar-refractivity contribution in [3.8, 4) is 6.07 Å². The van der Waals surface area contributed by atoms with Crippen LogP contribution in [0.25, 0.3) is 11.1 Å². The molecule has 0 aliphatic carbocycles. The van der Waals surface area contributed by atoms with Gasteiger partial charge in [-0.2, -0.15) is 10.4 Å². The van der Waals surface area contributed by atoms with Crippen LogP contribution in [0.15, 0.2) is 32.9 Å².